The molecular weight excluding hydrogens is 324 g/mol. The van der Waals surface area contributed by atoms with Crippen molar-refractivity contribution < 1.29 is 24.0 Å². The molecule has 0 atom stereocenters. The lowest BCUT2D eigenvalue weighted by atomic mass is 9.99. The standard InChI is InChI=1S/C18H22N2O5/c1-3-12(4-2)16-9-15(25-20-16)10-19-18(23)13-6-5-7-14(8-13)24-11-17(21)22/h5-9,12H,3-4,10-11H2,1-2H3,(H,19,23)(H,21,22). The van der Waals surface area contributed by atoms with Crippen molar-refractivity contribution >= 4 is 11.9 Å². The van der Waals surface area contributed by atoms with Gasteiger partial charge in [-0.05, 0) is 31.0 Å². The smallest absolute Gasteiger partial charge is 0.341 e. The Morgan fingerprint density at radius 2 is 2.04 bits per heavy atom. The third-order valence-corrected chi connectivity index (χ3v) is 3.86. The summed E-state index contributed by atoms with van der Waals surface area (Å²) < 4.78 is 10.3. The Balaban J connectivity index is 1.94. The van der Waals surface area contributed by atoms with E-state index in [0.29, 0.717) is 23.0 Å². The predicted octanol–water partition coefficient (Wildman–Crippen LogP) is 2.97. The topological polar surface area (TPSA) is 102 Å². The Kier molecular flexibility index (Phi) is 6.56. The van der Waals surface area contributed by atoms with Crippen LogP contribution in [0.4, 0.5) is 0 Å². The zero-order valence-electron chi connectivity index (χ0n) is 14.3. The van der Waals surface area contributed by atoms with Crippen LogP contribution < -0.4 is 10.1 Å². The summed E-state index contributed by atoms with van der Waals surface area (Å²) in [5, 5.41) is 15.4. The highest BCUT2D eigenvalue weighted by Gasteiger charge is 2.14. The molecule has 1 aromatic carbocycles. The average Bonchev–Trinajstić information content (AvgIpc) is 3.08. The average molecular weight is 346 g/mol. The van der Waals surface area contributed by atoms with Gasteiger partial charge < -0.3 is 19.7 Å². The normalized spacial score (nSPS) is 10.7. The fourth-order valence-electron chi connectivity index (χ4n) is 2.45. The molecule has 0 saturated carbocycles. The number of carboxylic acid groups (broad SMARTS) is 1. The third-order valence-electron chi connectivity index (χ3n) is 3.86. The summed E-state index contributed by atoms with van der Waals surface area (Å²) in [4.78, 5) is 22.7. The number of carbonyl (C=O) groups excluding carboxylic acids is 1. The lowest BCUT2D eigenvalue weighted by Gasteiger charge is -2.07. The number of nitrogens with zero attached hydrogens (tertiary/aromatic N) is 1. The Bertz CT molecular complexity index is 722. The van der Waals surface area contributed by atoms with Gasteiger partial charge in [-0.3, -0.25) is 4.79 Å². The van der Waals surface area contributed by atoms with Crippen LogP contribution in [0.1, 0.15) is 54.4 Å². The van der Waals surface area contributed by atoms with Gasteiger partial charge in [-0.1, -0.05) is 25.1 Å². The molecule has 0 radical (unpaired) electrons. The van der Waals surface area contributed by atoms with Crippen LogP contribution in [0.25, 0.3) is 0 Å². The number of carbonyl (C=O) groups is 2. The minimum Gasteiger partial charge on any atom is -0.482 e. The molecule has 25 heavy (non-hydrogen) atoms. The van der Waals surface area contributed by atoms with E-state index in [9.17, 15) is 9.59 Å². The van der Waals surface area contributed by atoms with Gasteiger partial charge in [-0.2, -0.15) is 0 Å². The summed E-state index contributed by atoms with van der Waals surface area (Å²) in [5.41, 5.74) is 1.28. The van der Waals surface area contributed by atoms with Gasteiger partial charge in [0.1, 0.15) is 5.75 Å². The molecule has 1 amide bonds. The van der Waals surface area contributed by atoms with E-state index >= 15 is 0 Å². The number of hydrogen-bond donors (Lipinski definition) is 2. The number of aromatic nitrogens is 1. The molecule has 7 heteroatoms. The van der Waals surface area contributed by atoms with Crippen LogP contribution in [0.15, 0.2) is 34.9 Å². The minimum absolute atomic E-state index is 0.228. The number of rotatable bonds is 9. The highest BCUT2D eigenvalue weighted by Crippen LogP contribution is 2.22. The van der Waals surface area contributed by atoms with Crippen LogP contribution in [0.5, 0.6) is 5.75 Å². The molecule has 2 N–H and O–H groups in total. The summed E-state index contributed by atoms with van der Waals surface area (Å²) in [6, 6.07) is 8.21. The second kappa shape index (κ2) is 8.86. The first-order chi connectivity index (χ1) is 12.0. The fraction of sp³-hybridized carbons (Fsp3) is 0.389. The number of amides is 1. The molecule has 0 aliphatic rings. The summed E-state index contributed by atoms with van der Waals surface area (Å²) >= 11 is 0. The van der Waals surface area contributed by atoms with Crippen molar-refractivity contribution in [1.29, 1.82) is 0 Å². The first kappa shape index (κ1) is 18.5. The Morgan fingerprint density at radius 1 is 1.28 bits per heavy atom. The largest absolute Gasteiger partial charge is 0.482 e. The van der Waals surface area contributed by atoms with Crippen molar-refractivity contribution in [3.63, 3.8) is 0 Å². The number of hydrogen-bond acceptors (Lipinski definition) is 5. The van der Waals surface area contributed by atoms with Crippen LogP contribution in [0.2, 0.25) is 0 Å². The van der Waals surface area contributed by atoms with Crippen molar-refractivity contribution in [1.82, 2.24) is 10.5 Å². The zero-order chi connectivity index (χ0) is 18.2. The first-order valence-corrected chi connectivity index (χ1v) is 8.21. The summed E-state index contributed by atoms with van der Waals surface area (Å²) in [5.74, 6) is -0.106. The molecule has 134 valence electrons. The Hall–Kier alpha value is -2.83. The molecule has 2 rings (SSSR count). The molecule has 0 aliphatic heterocycles. The minimum atomic E-state index is -1.08. The van der Waals surface area contributed by atoms with Gasteiger partial charge >= 0.3 is 5.97 Å². The van der Waals surface area contributed by atoms with E-state index in [0.717, 1.165) is 18.5 Å². The van der Waals surface area contributed by atoms with E-state index < -0.39 is 12.6 Å². The van der Waals surface area contributed by atoms with Crippen LogP contribution in [0.3, 0.4) is 0 Å². The van der Waals surface area contributed by atoms with Crippen LogP contribution in [0, 0.1) is 0 Å². The number of ether oxygens (including phenoxy) is 1. The molecule has 0 bridgehead atoms. The van der Waals surface area contributed by atoms with Gasteiger partial charge in [-0.15, -0.1) is 0 Å². The molecule has 0 fully saturated rings. The lowest BCUT2D eigenvalue weighted by Crippen LogP contribution is -2.22. The molecule has 2 aromatic rings. The molecule has 0 spiro atoms. The number of carboxylic acids is 1. The molecular formula is C18H22N2O5. The monoisotopic (exact) mass is 346 g/mol. The van der Waals surface area contributed by atoms with Gasteiger partial charge in [0, 0.05) is 17.5 Å². The van der Waals surface area contributed by atoms with Crippen molar-refractivity contribution in [3.05, 3.63) is 47.3 Å². The van der Waals surface area contributed by atoms with Gasteiger partial charge in [0.05, 0.1) is 12.2 Å². The summed E-state index contributed by atoms with van der Waals surface area (Å²) in [7, 11) is 0. The lowest BCUT2D eigenvalue weighted by molar-refractivity contribution is -0.139. The van der Waals surface area contributed by atoms with E-state index in [1.165, 1.54) is 6.07 Å². The van der Waals surface area contributed by atoms with E-state index in [1.807, 2.05) is 6.07 Å². The Morgan fingerprint density at radius 3 is 2.72 bits per heavy atom. The fourth-order valence-corrected chi connectivity index (χ4v) is 2.45. The third kappa shape index (κ3) is 5.34. The summed E-state index contributed by atoms with van der Waals surface area (Å²) in [6.45, 7) is 3.97. The second-order valence-electron chi connectivity index (χ2n) is 5.62. The molecule has 0 aliphatic carbocycles. The van der Waals surface area contributed by atoms with Gasteiger partial charge in [0.25, 0.3) is 5.91 Å². The van der Waals surface area contributed by atoms with Gasteiger partial charge in [0.2, 0.25) is 0 Å². The van der Waals surface area contributed by atoms with E-state index in [-0.39, 0.29) is 12.5 Å². The quantitative estimate of drug-likeness (QED) is 0.724. The van der Waals surface area contributed by atoms with E-state index in [2.05, 4.69) is 24.3 Å². The summed E-state index contributed by atoms with van der Waals surface area (Å²) in [6.07, 6.45) is 1.97. The van der Waals surface area contributed by atoms with Crippen molar-refractivity contribution in [3.8, 4) is 5.75 Å². The van der Waals surface area contributed by atoms with Crippen molar-refractivity contribution in [2.75, 3.05) is 6.61 Å². The maximum absolute atomic E-state index is 12.2. The van der Waals surface area contributed by atoms with Crippen molar-refractivity contribution in [2.24, 2.45) is 0 Å². The molecule has 7 nitrogen and oxygen atoms in total. The highest BCUT2D eigenvalue weighted by atomic mass is 16.5. The van der Waals surface area contributed by atoms with E-state index in [1.54, 1.807) is 18.2 Å². The van der Waals surface area contributed by atoms with Crippen LogP contribution >= 0.6 is 0 Å². The highest BCUT2D eigenvalue weighted by molar-refractivity contribution is 5.94. The molecule has 1 aromatic heterocycles. The van der Waals surface area contributed by atoms with Crippen molar-refractivity contribution in [2.45, 2.75) is 39.2 Å². The first-order valence-electron chi connectivity index (χ1n) is 8.21. The maximum Gasteiger partial charge on any atom is 0.341 e. The van der Waals surface area contributed by atoms with Crippen LogP contribution in [-0.4, -0.2) is 28.7 Å². The maximum atomic E-state index is 12.2. The number of nitrogens with one attached hydrogen (secondary N) is 1. The second-order valence-corrected chi connectivity index (χ2v) is 5.62. The number of aliphatic carboxylic acids is 1. The predicted molar refractivity (Wildman–Crippen MR) is 90.6 cm³/mol. The Labute approximate surface area is 146 Å². The SMILES string of the molecule is CCC(CC)c1cc(CNC(=O)c2cccc(OCC(=O)O)c2)on1. The molecule has 0 unspecified atom stereocenters. The van der Waals surface area contributed by atoms with Gasteiger partial charge in [-0.25, -0.2) is 4.79 Å². The molecule has 0 saturated heterocycles. The molecule has 1 heterocycles. The zero-order valence-corrected chi connectivity index (χ0v) is 14.3. The van der Waals surface area contributed by atoms with E-state index in [4.69, 9.17) is 14.4 Å². The van der Waals surface area contributed by atoms with Crippen LogP contribution in [-0.2, 0) is 11.3 Å². The van der Waals surface area contributed by atoms with Gasteiger partial charge in [0.15, 0.2) is 12.4 Å². The number of benzene rings is 1.